The van der Waals surface area contributed by atoms with Crippen LogP contribution in [-0.4, -0.2) is 15.7 Å². The van der Waals surface area contributed by atoms with Gasteiger partial charge in [0, 0.05) is 18.8 Å². The summed E-state index contributed by atoms with van der Waals surface area (Å²) in [5.74, 6) is 2.10. The summed E-state index contributed by atoms with van der Waals surface area (Å²) in [6, 6.07) is 0. The van der Waals surface area contributed by atoms with Gasteiger partial charge in [0.1, 0.15) is 5.82 Å². The van der Waals surface area contributed by atoms with Crippen molar-refractivity contribution in [2.75, 3.05) is 5.75 Å². The van der Waals surface area contributed by atoms with E-state index in [1.165, 1.54) is 19.3 Å². The molecule has 0 bridgehead atoms. The minimum Gasteiger partial charge on any atom is -0.349 e. The molecule has 0 atom stereocenters. The maximum absolute atomic E-state index is 4.15. The van der Waals surface area contributed by atoms with Crippen LogP contribution in [0.15, 0.2) is 12.4 Å². The molecule has 0 radical (unpaired) electrons. The summed E-state index contributed by atoms with van der Waals surface area (Å²) in [4.78, 5) is 7.22. The van der Waals surface area contributed by atoms with E-state index in [-0.39, 0.29) is 0 Å². The molecule has 1 N–H and O–H groups in total. The average Bonchev–Trinajstić information content (AvgIpc) is 2.50. The number of hydrogen-bond donors (Lipinski definition) is 2. The van der Waals surface area contributed by atoms with Gasteiger partial charge in [-0.1, -0.05) is 6.42 Å². The third-order valence-electron chi connectivity index (χ3n) is 1.63. The Balaban J connectivity index is 2.04. The summed E-state index contributed by atoms with van der Waals surface area (Å²) in [6.45, 7) is 0. The molecule has 1 aromatic rings. The van der Waals surface area contributed by atoms with Gasteiger partial charge >= 0.3 is 0 Å². The second-order valence-corrected chi connectivity index (χ2v) is 3.02. The summed E-state index contributed by atoms with van der Waals surface area (Å²) in [5, 5.41) is 0. The first-order valence-electron chi connectivity index (χ1n) is 4.02. The molecular formula is C8H14N2S. The van der Waals surface area contributed by atoms with Crippen LogP contribution in [0, 0.1) is 0 Å². The van der Waals surface area contributed by atoms with Crippen LogP contribution >= 0.6 is 12.6 Å². The van der Waals surface area contributed by atoms with Crippen molar-refractivity contribution in [3.63, 3.8) is 0 Å². The molecule has 2 nitrogen and oxygen atoms in total. The Morgan fingerprint density at radius 3 is 2.91 bits per heavy atom. The number of thiol groups is 1. The molecule has 0 aliphatic rings. The molecule has 0 amide bonds. The summed E-state index contributed by atoms with van der Waals surface area (Å²) in [7, 11) is 0. The number of nitrogens with zero attached hydrogens (tertiary/aromatic N) is 1. The summed E-state index contributed by atoms with van der Waals surface area (Å²) in [6.07, 6.45) is 8.42. The fourth-order valence-corrected chi connectivity index (χ4v) is 1.24. The fourth-order valence-electron chi connectivity index (χ4n) is 1.02. The van der Waals surface area contributed by atoms with Crippen molar-refractivity contribution in [3.05, 3.63) is 18.2 Å². The second-order valence-electron chi connectivity index (χ2n) is 2.57. The molecule has 3 heteroatoms. The van der Waals surface area contributed by atoms with Crippen molar-refractivity contribution in [2.45, 2.75) is 25.7 Å². The van der Waals surface area contributed by atoms with Crippen LogP contribution in [0.2, 0.25) is 0 Å². The first-order valence-corrected chi connectivity index (χ1v) is 4.66. The number of unbranched alkanes of at least 4 members (excludes halogenated alkanes) is 2. The van der Waals surface area contributed by atoms with Crippen LogP contribution in [0.4, 0.5) is 0 Å². The van der Waals surface area contributed by atoms with Gasteiger partial charge in [-0.3, -0.25) is 0 Å². The lowest BCUT2D eigenvalue weighted by molar-refractivity contribution is 0.704. The highest BCUT2D eigenvalue weighted by atomic mass is 32.1. The van der Waals surface area contributed by atoms with Gasteiger partial charge < -0.3 is 4.98 Å². The monoisotopic (exact) mass is 170 g/mol. The van der Waals surface area contributed by atoms with E-state index in [4.69, 9.17) is 0 Å². The van der Waals surface area contributed by atoms with Crippen LogP contribution in [0.25, 0.3) is 0 Å². The molecule has 62 valence electrons. The van der Waals surface area contributed by atoms with Crippen molar-refractivity contribution >= 4 is 12.6 Å². The molecule has 1 heterocycles. The number of rotatable bonds is 5. The Morgan fingerprint density at radius 2 is 2.27 bits per heavy atom. The molecular weight excluding hydrogens is 156 g/mol. The number of H-pyrrole nitrogens is 1. The minimum absolute atomic E-state index is 0.998. The van der Waals surface area contributed by atoms with E-state index >= 15 is 0 Å². The first-order chi connectivity index (χ1) is 5.43. The van der Waals surface area contributed by atoms with Crippen LogP contribution in [0.5, 0.6) is 0 Å². The van der Waals surface area contributed by atoms with E-state index in [2.05, 4.69) is 22.6 Å². The molecule has 1 rings (SSSR count). The minimum atomic E-state index is 0.998. The summed E-state index contributed by atoms with van der Waals surface area (Å²) in [5.41, 5.74) is 0. The van der Waals surface area contributed by atoms with E-state index in [1.54, 1.807) is 6.20 Å². The van der Waals surface area contributed by atoms with Crippen molar-refractivity contribution < 1.29 is 0 Å². The topological polar surface area (TPSA) is 28.7 Å². The van der Waals surface area contributed by atoms with Crippen molar-refractivity contribution in [1.29, 1.82) is 0 Å². The highest BCUT2D eigenvalue weighted by Gasteiger charge is 1.93. The number of aryl methyl sites for hydroxylation is 1. The summed E-state index contributed by atoms with van der Waals surface area (Å²) < 4.78 is 0. The van der Waals surface area contributed by atoms with Gasteiger partial charge in [0.25, 0.3) is 0 Å². The molecule has 11 heavy (non-hydrogen) atoms. The lowest BCUT2D eigenvalue weighted by atomic mass is 10.2. The van der Waals surface area contributed by atoms with Crippen LogP contribution < -0.4 is 0 Å². The van der Waals surface area contributed by atoms with Crippen LogP contribution in [-0.2, 0) is 6.42 Å². The van der Waals surface area contributed by atoms with Crippen molar-refractivity contribution in [3.8, 4) is 0 Å². The molecule has 0 fully saturated rings. The lowest BCUT2D eigenvalue weighted by Crippen LogP contribution is -1.88. The zero-order chi connectivity index (χ0) is 7.94. The predicted molar refractivity (Wildman–Crippen MR) is 50.0 cm³/mol. The number of aromatic nitrogens is 2. The third kappa shape index (κ3) is 3.46. The van der Waals surface area contributed by atoms with E-state index < -0.39 is 0 Å². The molecule has 0 aliphatic carbocycles. The fraction of sp³-hybridized carbons (Fsp3) is 0.625. The predicted octanol–water partition coefficient (Wildman–Crippen LogP) is 2.05. The normalized spacial score (nSPS) is 10.3. The molecule has 0 saturated heterocycles. The van der Waals surface area contributed by atoms with E-state index in [9.17, 15) is 0 Å². The quantitative estimate of drug-likeness (QED) is 0.514. The molecule has 0 saturated carbocycles. The maximum atomic E-state index is 4.15. The van der Waals surface area contributed by atoms with E-state index in [0.717, 1.165) is 18.0 Å². The van der Waals surface area contributed by atoms with Gasteiger partial charge in [-0.25, -0.2) is 4.98 Å². The van der Waals surface area contributed by atoms with Gasteiger partial charge in [-0.15, -0.1) is 0 Å². The Bertz CT molecular complexity index is 172. The number of aromatic amines is 1. The SMILES string of the molecule is SCCCCCc1ncc[nH]1. The first kappa shape index (κ1) is 8.65. The second kappa shape index (κ2) is 5.24. The van der Waals surface area contributed by atoms with Gasteiger partial charge in [-0.05, 0) is 18.6 Å². The zero-order valence-corrected chi connectivity index (χ0v) is 7.48. The Hall–Kier alpha value is -0.440. The molecule has 0 unspecified atom stereocenters. The van der Waals surface area contributed by atoms with Crippen LogP contribution in [0.1, 0.15) is 25.1 Å². The molecule has 0 aromatic carbocycles. The molecule has 0 aliphatic heterocycles. The Kier molecular flexibility index (Phi) is 4.12. The zero-order valence-electron chi connectivity index (χ0n) is 6.58. The molecule has 1 aromatic heterocycles. The number of imidazole rings is 1. The standard InChI is InChI=1S/C8H14N2S/c11-7-3-1-2-4-8-9-5-6-10-8/h5-6,11H,1-4,7H2,(H,9,10). The average molecular weight is 170 g/mol. The Morgan fingerprint density at radius 1 is 1.36 bits per heavy atom. The van der Waals surface area contributed by atoms with Crippen LogP contribution in [0.3, 0.4) is 0 Å². The Labute approximate surface area is 72.8 Å². The van der Waals surface area contributed by atoms with Crippen molar-refractivity contribution in [2.24, 2.45) is 0 Å². The highest BCUT2D eigenvalue weighted by Crippen LogP contribution is 2.01. The largest absolute Gasteiger partial charge is 0.349 e. The van der Waals surface area contributed by atoms with E-state index in [0.29, 0.717) is 0 Å². The van der Waals surface area contributed by atoms with Gasteiger partial charge in [-0.2, -0.15) is 12.6 Å². The summed E-state index contributed by atoms with van der Waals surface area (Å²) >= 11 is 4.15. The number of hydrogen-bond acceptors (Lipinski definition) is 2. The van der Waals surface area contributed by atoms with Gasteiger partial charge in [0.15, 0.2) is 0 Å². The van der Waals surface area contributed by atoms with Gasteiger partial charge in [0.2, 0.25) is 0 Å². The molecule has 0 spiro atoms. The third-order valence-corrected chi connectivity index (χ3v) is 1.94. The number of nitrogens with one attached hydrogen (secondary N) is 1. The highest BCUT2D eigenvalue weighted by molar-refractivity contribution is 7.80. The lowest BCUT2D eigenvalue weighted by Gasteiger charge is -1.95. The van der Waals surface area contributed by atoms with E-state index in [1.807, 2.05) is 6.20 Å². The smallest absolute Gasteiger partial charge is 0.105 e. The maximum Gasteiger partial charge on any atom is 0.105 e. The van der Waals surface area contributed by atoms with Crippen molar-refractivity contribution in [1.82, 2.24) is 9.97 Å². The van der Waals surface area contributed by atoms with Gasteiger partial charge in [0.05, 0.1) is 0 Å².